The second-order valence-corrected chi connectivity index (χ2v) is 4.44. The molecule has 0 fully saturated rings. The van der Waals surface area contributed by atoms with Crippen molar-refractivity contribution in [3.8, 4) is 5.75 Å². The molecule has 17 heavy (non-hydrogen) atoms. The van der Waals surface area contributed by atoms with Crippen molar-refractivity contribution in [1.82, 2.24) is 0 Å². The number of fused-ring (bicyclic) bond motifs is 1. The molecule has 0 saturated heterocycles. The Kier molecular flexibility index (Phi) is 4.15. The second kappa shape index (κ2) is 5.82. The Morgan fingerprint density at radius 3 is 2.88 bits per heavy atom. The molecule has 0 amide bonds. The number of benzene rings is 1. The highest BCUT2D eigenvalue weighted by Crippen LogP contribution is 2.28. The fourth-order valence-corrected chi connectivity index (χ4v) is 2.16. The second-order valence-electron chi connectivity index (χ2n) is 4.44. The third-order valence-corrected chi connectivity index (χ3v) is 3.08. The number of hydrogen-bond acceptors (Lipinski definition) is 3. The van der Waals surface area contributed by atoms with Crippen molar-refractivity contribution in [2.45, 2.75) is 38.2 Å². The summed E-state index contributed by atoms with van der Waals surface area (Å²) in [5.74, 6) is 0.898. The van der Waals surface area contributed by atoms with Gasteiger partial charge in [0.05, 0.1) is 5.56 Å². The van der Waals surface area contributed by atoms with Gasteiger partial charge in [0.25, 0.3) is 0 Å². The fourth-order valence-electron chi connectivity index (χ4n) is 2.16. The van der Waals surface area contributed by atoms with Crippen molar-refractivity contribution < 1.29 is 14.6 Å². The lowest BCUT2D eigenvalue weighted by Crippen LogP contribution is -2.26. The molecule has 1 N–H and O–H groups in total. The number of unbranched alkanes of at least 4 members (excludes halogenated alkanes) is 2. The van der Waals surface area contributed by atoms with Gasteiger partial charge >= 0.3 is 0 Å². The molecule has 0 radical (unpaired) electrons. The Bertz CT molecular complexity index is 387. The molecule has 3 nitrogen and oxygen atoms in total. The summed E-state index contributed by atoms with van der Waals surface area (Å²) in [6, 6.07) is 7.43. The van der Waals surface area contributed by atoms with Crippen molar-refractivity contribution in [3.05, 3.63) is 29.8 Å². The van der Waals surface area contributed by atoms with Gasteiger partial charge in [-0.3, -0.25) is 4.79 Å². The first kappa shape index (κ1) is 12.1. The predicted molar refractivity (Wildman–Crippen MR) is 65.4 cm³/mol. The Labute approximate surface area is 101 Å². The van der Waals surface area contributed by atoms with E-state index >= 15 is 0 Å². The molecule has 1 aromatic rings. The summed E-state index contributed by atoms with van der Waals surface area (Å²) in [6.07, 6.45) is 4.21. The summed E-state index contributed by atoms with van der Waals surface area (Å²) in [5, 5.41) is 8.69. The number of ether oxygens (including phenoxy) is 1. The van der Waals surface area contributed by atoms with Gasteiger partial charge in [-0.05, 0) is 31.4 Å². The van der Waals surface area contributed by atoms with Gasteiger partial charge in [-0.2, -0.15) is 0 Å². The Morgan fingerprint density at radius 2 is 2.06 bits per heavy atom. The maximum absolute atomic E-state index is 11.9. The average molecular weight is 234 g/mol. The number of aliphatic hydroxyl groups is 1. The molecule has 92 valence electrons. The number of ketones is 1. The van der Waals surface area contributed by atoms with E-state index in [1.165, 1.54) is 0 Å². The predicted octanol–water partition coefficient (Wildman–Crippen LogP) is 2.57. The third kappa shape index (κ3) is 3.07. The molecular weight excluding hydrogens is 216 g/mol. The van der Waals surface area contributed by atoms with Crippen LogP contribution in [0.15, 0.2) is 24.3 Å². The minimum Gasteiger partial charge on any atom is -0.489 e. The molecule has 1 atom stereocenters. The quantitative estimate of drug-likeness (QED) is 0.796. The molecule has 1 heterocycles. The number of hydrogen-bond donors (Lipinski definition) is 1. The fraction of sp³-hybridized carbons (Fsp3) is 0.500. The van der Waals surface area contributed by atoms with E-state index in [9.17, 15) is 4.79 Å². The van der Waals surface area contributed by atoms with E-state index in [4.69, 9.17) is 9.84 Å². The number of rotatable bonds is 5. The summed E-state index contributed by atoms with van der Waals surface area (Å²) in [5.41, 5.74) is 0.708. The lowest BCUT2D eigenvalue weighted by atomic mass is 9.97. The maximum atomic E-state index is 11.9. The number of Topliss-reactive ketones (excluding diaryl/α,β-unsaturated/α-hetero) is 1. The van der Waals surface area contributed by atoms with E-state index < -0.39 is 0 Å². The van der Waals surface area contributed by atoms with Crippen molar-refractivity contribution >= 4 is 5.78 Å². The SMILES string of the molecule is O=C1C[C@@H](CCCCCO)Oc2ccccc21. The van der Waals surface area contributed by atoms with Crippen LogP contribution in [-0.2, 0) is 0 Å². The van der Waals surface area contributed by atoms with E-state index in [0.29, 0.717) is 12.0 Å². The number of aliphatic hydroxyl groups excluding tert-OH is 1. The third-order valence-electron chi connectivity index (χ3n) is 3.08. The van der Waals surface area contributed by atoms with Crippen LogP contribution >= 0.6 is 0 Å². The van der Waals surface area contributed by atoms with Crippen LogP contribution in [0.2, 0.25) is 0 Å². The zero-order valence-corrected chi connectivity index (χ0v) is 9.89. The first-order chi connectivity index (χ1) is 8.31. The van der Waals surface area contributed by atoms with Crippen LogP contribution in [0, 0.1) is 0 Å². The highest BCUT2D eigenvalue weighted by atomic mass is 16.5. The normalized spacial score (nSPS) is 18.6. The van der Waals surface area contributed by atoms with E-state index in [0.717, 1.165) is 31.4 Å². The van der Waals surface area contributed by atoms with Gasteiger partial charge in [0.2, 0.25) is 0 Å². The van der Waals surface area contributed by atoms with E-state index in [2.05, 4.69) is 0 Å². The van der Waals surface area contributed by atoms with Gasteiger partial charge in [0, 0.05) is 13.0 Å². The van der Waals surface area contributed by atoms with Crippen LogP contribution in [0.5, 0.6) is 5.75 Å². The van der Waals surface area contributed by atoms with Gasteiger partial charge in [0.15, 0.2) is 5.78 Å². The number of carbonyl (C=O) groups is 1. The molecule has 0 aromatic heterocycles. The van der Waals surface area contributed by atoms with Gasteiger partial charge in [-0.1, -0.05) is 18.6 Å². The molecule has 2 rings (SSSR count). The molecule has 0 unspecified atom stereocenters. The molecule has 0 saturated carbocycles. The van der Waals surface area contributed by atoms with Gasteiger partial charge in [-0.15, -0.1) is 0 Å². The van der Waals surface area contributed by atoms with E-state index in [-0.39, 0.29) is 18.5 Å². The highest BCUT2D eigenvalue weighted by Gasteiger charge is 2.25. The molecule has 0 aliphatic carbocycles. The largest absolute Gasteiger partial charge is 0.489 e. The zero-order chi connectivity index (χ0) is 12.1. The minimum absolute atomic E-state index is 0.0103. The lowest BCUT2D eigenvalue weighted by molar-refractivity contribution is 0.0834. The summed E-state index contributed by atoms with van der Waals surface area (Å²) < 4.78 is 5.80. The van der Waals surface area contributed by atoms with Crippen molar-refractivity contribution in [2.24, 2.45) is 0 Å². The van der Waals surface area contributed by atoms with Gasteiger partial charge in [-0.25, -0.2) is 0 Å². The van der Waals surface area contributed by atoms with Crippen LogP contribution < -0.4 is 4.74 Å². The molecule has 3 heteroatoms. The lowest BCUT2D eigenvalue weighted by Gasteiger charge is -2.25. The summed E-state index contributed by atoms with van der Waals surface area (Å²) >= 11 is 0. The highest BCUT2D eigenvalue weighted by molar-refractivity contribution is 5.99. The van der Waals surface area contributed by atoms with Crippen molar-refractivity contribution in [1.29, 1.82) is 0 Å². The van der Waals surface area contributed by atoms with Crippen molar-refractivity contribution in [3.63, 3.8) is 0 Å². The first-order valence-corrected chi connectivity index (χ1v) is 6.21. The van der Waals surface area contributed by atoms with Crippen LogP contribution in [0.25, 0.3) is 0 Å². The molecule has 1 aliphatic heterocycles. The summed E-state index contributed by atoms with van der Waals surface area (Å²) in [6.45, 7) is 0.243. The standard InChI is InChI=1S/C14H18O3/c15-9-5-1-2-6-11-10-13(16)12-7-3-4-8-14(12)17-11/h3-4,7-8,11,15H,1-2,5-6,9-10H2/t11-/m1/s1. The van der Waals surface area contributed by atoms with Crippen LogP contribution in [0.4, 0.5) is 0 Å². The van der Waals surface area contributed by atoms with Crippen molar-refractivity contribution in [2.75, 3.05) is 6.61 Å². The maximum Gasteiger partial charge on any atom is 0.170 e. The molecule has 1 aliphatic rings. The zero-order valence-electron chi connectivity index (χ0n) is 9.89. The first-order valence-electron chi connectivity index (χ1n) is 6.21. The average Bonchev–Trinajstić information content (AvgIpc) is 2.35. The van der Waals surface area contributed by atoms with Gasteiger partial charge < -0.3 is 9.84 Å². The number of carbonyl (C=O) groups excluding carboxylic acids is 1. The summed E-state index contributed by atoms with van der Waals surface area (Å²) in [7, 11) is 0. The Hall–Kier alpha value is -1.35. The number of para-hydroxylation sites is 1. The molecule has 0 bridgehead atoms. The smallest absolute Gasteiger partial charge is 0.170 e. The Morgan fingerprint density at radius 1 is 1.24 bits per heavy atom. The molecule has 0 spiro atoms. The molecular formula is C14H18O3. The van der Waals surface area contributed by atoms with Crippen LogP contribution in [0.1, 0.15) is 42.5 Å². The van der Waals surface area contributed by atoms with E-state index in [1.54, 1.807) is 0 Å². The summed E-state index contributed by atoms with van der Waals surface area (Å²) in [4.78, 5) is 11.9. The van der Waals surface area contributed by atoms with E-state index in [1.807, 2.05) is 24.3 Å². The minimum atomic E-state index is 0.0103. The molecule has 1 aromatic carbocycles. The van der Waals surface area contributed by atoms with Crippen LogP contribution in [-0.4, -0.2) is 23.6 Å². The van der Waals surface area contributed by atoms with Gasteiger partial charge in [0.1, 0.15) is 11.9 Å². The topological polar surface area (TPSA) is 46.5 Å². The van der Waals surface area contributed by atoms with Crippen LogP contribution in [0.3, 0.4) is 0 Å². The Balaban J connectivity index is 1.91. The monoisotopic (exact) mass is 234 g/mol.